The van der Waals surface area contributed by atoms with Crippen LogP contribution in [0, 0.1) is 0 Å². The fraction of sp³-hybridized carbons (Fsp3) is 0.267. The van der Waals surface area contributed by atoms with Crippen LogP contribution < -0.4 is 11.2 Å². The Balaban J connectivity index is 2.27. The molecule has 3 rings (SSSR count). The highest BCUT2D eigenvalue weighted by Crippen LogP contribution is 2.09. The van der Waals surface area contributed by atoms with Gasteiger partial charge in [-0.25, -0.2) is 13.9 Å². The van der Waals surface area contributed by atoms with Crippen molar-refractivity contribution in [3.8, 4) is 5.69 Å². The minimum absolute atomic E-state index is 0.145. The summed E-state index contributed by atoms with van der Waals surface area (Å²) < 4.78 is 4.08. The maximum Gasteiger partial charge on any atom is 0.350 e. The van der Waals surface area contributed by atoms with Gasteiger partial charge in [-0.05, 0) is 31.0 Å². The molecule has 0 spiro atoms. The van der Waals surface area contributed by atoms with Crippen molar-refractivity contribution in [2.24, 2.45) is 0 Å². The van der Waals surface area contributed by atoms with E-state index in [9.17, 15) is 9.59 Å². The summed E-state index contributed by atoms with van der Waals surface area (Å²) in [5, 5.41) is 4.09. The van der Waals surface area contributed by atoms with Crippen LogP contribution in [0.4, 0.5) is 0 Å². The number of aromatic nitrogens is 4. The van der Waals surface area contributed by atoms with Crippen LogP contribution in [-0.2, 0) is 13.0 Å². The molecule has 0 aliphatic heterocycles. The number of rotatable bonds is 3. The van der Waals surface area contributed by atoms with Gasteiger partial charge in [-0.2, -0.15) is 0 Å². The molecule has 0 unspecified atom stereocenters. The minimum Gasteiger partial charge on any atom is -0.280 e. The van der Waals surface area contributed by atoms with E-state index in [1.165, 1.54) is 13.6 Å². The molecule has 0 atom stereocenters. The Bertz CT molecular complexity index is 917. The van der Waals surface area contributed by atoms with Gasteiger partial charge in [-0.3, -0.25) is 9.36 Å². The first-order chi connectivity index (χ1) is 10.2. The fourth-order valence-electron chi connectivity index (χ4n) is 2.34. The van der Waals surface area contributed by atoms with Crippen molar-refractivity contribution in [3.63, 3.8) is 0 Å². The SMILES string of the molecule is CCc1cccc(-n2ccn3c(=O)n(CC)nc3c2=O)c1. The Morgan fingerprint density at radius 1 is 1.14 bits per heavy atom. The van der Waals surface area contributed by atoms with Gasteiger partial charge < -0.3 is 0 Å². The molecule has 3 aromatic rings. The molecule has 0 aliphatic rings. The zero-order valence-corrected chi connectivity index (χ0v) is 12.0. The van der Waals surface area contributed by atoms with Crippen molar-refractivity contribution in [2.75, 3.05) is 0 Å². The second kappa shape index (κ2) is 5.05. The molecule has 1 aromatic carbocycles. The van der Waals surface area contributed by atoms with Crippen molar-refractivity contribution in [2.45, 2.75) is 26.8 Å². The van der Waals surface area contributed by atoms with E-state index in [2.05, 4.69) is 12.0 Å². The molecule has 0 aliphatic carbocycles. The largest absolute Gasteiger partial charge is 0.350 e. The Kier molecular flexibility index (Phi) is 3.21. The monoisotopic (exact) mass is 284 g/mol. The third-order valence-corrected chi connectivity index (χ3v) is 3.54. The molecule has 0 fully saturated rings. The number of nitrogens with zero attached hydrogens (tertiary/aromatic N) is 4. The highest BCUT2D eigenvalue weighted by Gasteiger charge is 2.11. The van der Waals surface area contributed by atoms with E-state index in [4.69, 9.17) is 0 Å². The van der Waals surface area contributed by atoms with Crippen molar-refractivity contribution >= 4 is 5.65 Å². The molecule has 2 heterocycles. The van der Waals surface area contributed by atoms with Gasteiger partial charge in [0.15, 0.2) is 0 Å². The summed E-state index contributed by atoms with van der Waals surface area (Å²) in [6.45, 7) is 4.32. The lowest BCUT2D eigenvalue weighted by atomic mass is 10.1. The average Bonchev–Trinajstić information content (AvgIpc) is 2.85. The van der Waals surface area contributed by atoms with Crippen LogP contribution in [0.15, 0.2) is 46.2 Å². The fourth-order valence-corrected chi connectivity index (χ4v) is 2.34. The van der Waals surface area contributed by atoms with Crippen LogP contribution in [-0.4, -0.2) is 18.7 Å². The summed E-state index contributed by atoms with van der Waals surface area (Å²) in [7, 11) is 0. The standard InChI is InChI=1S/C15H16N4O2/c1-3-11-6-5-7-12(10-11)17-8-9-18-13(14(17)20)16-19(4-2)15(18)21/h5-10H,3-4H2,1-2H3. The van der Waals surface area contributed by atoms with Gasteiger partial charge in [0.05, 0.1) is 0 Å². The summed E-state index contributed by atoms with van der Waals surface area (Å²) in [6, 6.07) is 7.77. The predicted molar refractivity (Wildman–Crippen MR) is 80.1 cm³/mol. The average molecular weight is 284 g/mol. The van der Waals surface area contributed by atoms with E-state index in [-0.39, 0.29) is 16.9 Å². The van der Waals surface area contributed by atoms with Crippen LogP contribution in [0.1, 0.15) is 19.4 Å². The first kappa shape index (κ1) is 13.4. The van der Waals surface area contributed by atoms with Crippen LogP contribution in [0.25, 0.3) is 11.3 Å². The van der Waals surface area contributed by atoms with Gasteiger partial charge in [0, 0.05) is 24.6 Å². The third kappa shape index (κ3) is 2.08. The van der Waals surface area contributed by atoms with Crippen LogP contribution in [0.2, 0.25) is 0 Å². The first-order valence-electron chi connectivity index (χ1n) is 6.95. The van der Waals surface area contributed by atoms with Gasteiger partial charge >= 0.3 is 11.2 Å². The molecule has 2 aromatic heterocycles. The van der Waals surface area contributed by atoms with Crippen LogP contribution in [0.3, 0.4) is 0 Å². The Labute approximate surface area is 120 Å². The molecule has 0 bridgehead atoms. The number of aryl methyl sites for hydroxylation is 2. The van der Waals surface area contributed by atoms with Gasteiger partial charge in [0.2, 0.25) is 5.65 Å². The van der Waals surface area contributed by atoms with E-state index >= 15 is 0 Å². The molecule has 6 heteroatoms. The van der Waals surface area contributed by atoms with Gasteiger partial charge in [0.25, 0.3) is 0 Å². The van der Waals surface area contributed by atoms with E-state index in [0.717, 1.165) is 17.7 Å². The molecule has 6 nitrogen and oxygen atoms in total. The van der Waals surface area contributed by atoms with Crippen molar-refractivity contribution in [1.29, 1.82) is 0 Å². The summed E-state index contributed by atoms with van der Waals surface area (Å²) in [5.74, 6) is 0. The number of hydrogen-bond acceptors (Lipinski definition) is 3. The predicted octanol–water partition coefficient (Wildman–Crippen LogP) is 1.23. The van der Waals surface area contributed by atoms with Crippen molar-refractivity contribution in [3.05, 3.63) is 63.1 Å². The number of benzene rings is 1. The summed E-state index contributed by atoms with van der Waals surface area (Å²) in [5.41, 5.74) is 1.48. The summed E-state index contributed by atoms with van der Waals surface area (Å²) in [6.07, 6.45) is 4.08. The molecule has 108 valence electrons. The molecule has 0 saturated carbocycles. The quantitative estimate of drug-likeness (QED) is 0.726. The molecular formula is C15H16N4O2. The maximum atomic E-state index is 12.5. The molecule has 21 heavy (non-hydrogen) atoms. The summed E-state index contributed by atoms with van der Waals surface area (Å²) >= 11 is 0. The van der Waals surface area contributed by atoms with E-state index < -0.39 is 0 Å². The van der Waals surface area contributed by atoms with E-state index in [1.807, 2.05) is 31.2 Å². The molecule has 0 amide bonds. The smallest absolute Gasteiger partial charge is 0.280 e. The number of fused-ring (bicyclic) bond motifs is 1. The van der Waals surface area contributed by atoms with Gasteiger partial charge in [-0.1, -0.05) is 19.1 Å². The Morgan fingerprint density at radius 2 is 1.95 bits per heavy atom. The molecule has 0 saturated heterocycles. The minimum atomic E-state index is -0.296. The van der Waals surface area contributed by atoms with Crippen molar-refractivity contribution < 1.29 is 0 Å². The molecule has 0 N–H and O–H groups in total. The number of hydrogen-bond donors (Lipinski definition) is 0. The lowest BCUT2D eigenvalue weighted by Gasteiger charge is -2.06. The Morgan fingerprint density at radius 3 is 2.67 bits per heavy atom. The van der Waals surface area contributed by atoms with Crippen molar-refractivity contribution in [1.82, 2.24) is 18.7 Å². The van der Waals surface area contributed by atoms with Gasteiger partial charge in [0.1, 0.15) is 0 Å². The maximum absolute atomic E-state index is 12.5. The summed E-state index contributed by atoms with van der Waals surface area (Å²) in [4.78, 5) is 24.5. The van der Waals surface area contributed by atoms with Gasteiger partial charge in [-0.15, -0.1) is 5.10 Å². The highest BCUT2D eigenvalue weighted by atomic mass is 16.2. The van der Waals surface area contributed by atoms with E-state index in [1.54, 1.807) is 12.4 Å². The molecular weight excluding hydrogens is 268 g/mol. The zero-order valence-electron chi connectivity index (χ0n) is 12.0. The van der Waals surface area contributed by atoms with Crippen LogP contribution in [0.5, 0.6) is 0 Å². The topological polar surface area (TPSA) is 61.3 Å². The lowest BCUT2D eigenvalue weighted by Crippen LogP contribution is -2.23. The normalized spacial score (nSPS) is 11.1. The Hall–Kier alpha value is -2.63. The highest BCUT2D eigenvalue weighted by molar-refractivity contribution is 5.41. The lowest BCUT2D eigenvalue weighted by molar-refractivity contribution is 0.633. The van der Waals surface area contributed by atoms with E-state index in [0.29, 0.717) is 6.54 Å². The first-order valence-corrected chi connectivity index (χ1v) is 6.95. The molecule has 0 radical (unpaired) electrons. The second-order valence-corrected chi connectivity index (χ2v) is 4.79. The van der Waals surface area contributed by atoms with Crippen LogP contribution >= 0.6 is 0 Å². The zero-order chi connectivity index (χ0) is 15.0. The second-order valence-electron chi connectivity index (χ2n) is 4.79. The third-order valence-electron chi connectivity index (χ3n) is 3.54.